The molecule has 32 heavy (non-hydrogen) atoms. The summed E-state index contributed by atoms with van der Waals surface area (Å²) < 4.78 is 24.7. The average molecular weight is 477 g/mol. The first-order chi connectivity index (χ1) is 15.5. The molecule has 0 unspecified atom stereocenters. The molecule has 194 valence electrons. The summed E-state index contributed by atoms with van der Waals surface area (Å²) in [5.74, 6) is 0. The van der Waals surface area contributed by atoms with Crippen molar-refractivity contribution in [2.75, 3.05) is 40.4 Å². The number of nitrogens with zero attached hydrogens (tertiary/aromatic N) is 1. The molecule has 6 heteroatoms. The zero-order chi connectivity index (χ0) is 23.8. The van der Waals surface area contributed by atoms with Gasteiger partial charge in [0.25, 0.3) is 0 Å². The molecular weight excluding hydrogens is 419 g/mol. The van der Waals surface area contributed by atoms with Crippen LogP contribution < -0.4 is 5.09 Å². The number of unbranched alkanes of at least 4 members (excludes halogenated alkanes) is 15. The predicted molar refractivity (Wildman–Crippen MR) is 141 cm³/mol. The lowest BCUT2D eigenvalue weighted by molar-refractivity contribution is 0.189. The summed E-state index contributed by atoms with van der Waals surface area (Å²) in [7, 11) is 0.975. The molecule has 0 fully saturated rings. The number of nitrogens with one attached hydrogen (secondary N) is 1. The maximum Gasteiger partial charge on any atom is 0.405 e. The second kappa shape index (κ2) is 24.2. The monoisotopic (exact) mass is 476 g/mol. The molecule has 0 spiro atoms. The van der Waals surface area contributed by atoms with Gasteiger partial charge in [0.1, 0.15) is 0 Å². The van der Waals surface area contributed by atoms with Gasteiger partial charge in [-0.3, -0.25) is 9.05 Å². The van der Waals surface area contributed by atoms with Crippen LogP contribution in [0.4, 0.5) is 0 Å². The van der Waals surface area contributed by atoms with Crippen LogP contribution in [0, 0.1) is 0 Å². The zero-order valence-corrected chi connectivity index (χ0v) is 23.1. The van der Waals surface area contributed by atoms with E-state index >= 15 is 0 Å². The molecule has 0 aliphatic carbocycles. The Labute approximate surface area is 201 Å². The van der Waals surface area contributed by atoms with Crippen LogP contribution >= 0.6 is 7.75 Å². The van der Waals surface area contributed by atoms with Gasteiger partial charge in [-0.15, -0.1) is 0 Å². The SMILES string of the molecule is CCCCCCCCCCOP(=O)(NCCCCN(C)C)OCCCCCCCCCC. The molecule has 0 saturated carbocycles. The Morgan fingerprint density at radius 3 is 1.41 bits per heavy atom. The molecule has 0 rings (SSSR count). The maximum atomic E-state index is 13.2. The summed E-state index contributed by atoms with van der Waals surface area (Å²) in [6.45, 7) is 7.28. The molecule has 0 saturated heterocycles. The molecule has 0 aromatic carbocycles. The summed E-state index contributed by atoms with van der Waals surface area (Å²) in [4.78, 5) is 2.18. The van der Waals surface area contributed by atoms with Crippen molar-refractivity contribution >= 4 is 7.75 Å². The molecule has 5 nitrogen and oxygen atoms in total. The average Bonchev–Trinajstić information content (AvgIpc) is 2.76. The van der Waals surface area contributed by atoms with Crippen LogP contribution in [-0.4, -0.2) is 45.3 Å². The Hall–Kier alpha value is 0.0700. The first-order valence-corrected chi connectivity index (χ1v) is 15.4. The zero-order valence-electron chi connectivity index (χ0n) is 22.2. The smallest absolute Gasteiger partial charge is 0.309 e. The summed E-state index contributed by atoms with van der Waals surface area (Å²) in [6, 6.07) is 0. The van der Waals surface area contributed by atoms with Gasteiger partial charge in [0.05, 0.1) is 13.2 Å². The van der Waals surface area contributed by atoms with Crippen LogP contribution in [0.2, 0.25) is 0 Å². The van der Waals surface area contributed by atoms with E-state index < -0.39 is 7.75 Å². The van der Waals surface area contributed by atoms with Crippen molar-refractivity contribution in [2.45, 2.75) is 129 Å². The Balaban J connectivity index is 4.05. The molecule has 0 heterocycles. The fourth-order valence-corrected chi connectivity index (χ4v) is 5.17. The standard InChI is InChI=1S/C26H57N2O3P/c1-5-7-9-11-13-15-17-21-25-30-32(29,27-23-19-20-24-28(3)4)31-26-22-18-16-14-12-10-8-6-2/h5-26H2,1-4H3,(H,27,29). The number of rotatable bonds is 26. The Kier molecular flexibility index (Phi) is 24.3. The normalized spacial score (nSPS) is 12.2. The third-order valence-corrected chi connectivity index (χ3v) is 7.51. The van der Waals surface area contributed by atoms with E-state index in [2.05, 4.69) is 37.9 Å². The first-order valence-electron chi connectivity index (χ1n) is 13.8. The molecule has 1 N–H and O–H groups in total. The van der Waals surface area contributed by atoms with Crippen molar-refractivity contribution in [1.29, 1.82) is 0 Å². The van der Waals surface area contributed by atoms with Crippen LogP contribution in [0.1, 0.15) is 129 Å². The topological polar surface area (TPSA) is 50.8 Å². The lowest BCUT2D eigenvalue weighted by atomic mass is 10.1. The quantitative estimate of drug-likeness (QED) is 0.100. The summed E-state index contributed by atoms with van der Waals surface area (Å²) in [6.07, 6.45) is 22.0. The number of hydrogen-bond acceptors (Lipinski definition) is 4. The van der Waals surface area contributed by atoms with Gasteiger partial charge in [0.15, 0.2) is 0 Å². The molecule has 0 bridgehead atoms. The van der Waals surface area contributed by atoms with Gasteiger partial charge in [-0.2, -0.15) is 0 Å². The number of hydrogen-bond donors (Lipinski definition) is 1. The van der Waals surface area contributed by atoms with Crippen molar-refractivity contribution in [1.82, 2.24) is 9.99 Å². The summed E-state index contributed by atoms with van der Waals surface area (Å²) in [5, 5.41) is 3.11. The Morgan fingerprint density at radius 2 is 1.00 bits per heavy atom. The molecule has 0 aromatic rings. The highest BCUT2D eigenvalue weighted by Gasteiger charge is 2.23. The minimum Gasteiger partial charge on any atom is -0.309 e. The predicted octanol–water partition coefficient (Wildman–Crippen LogP) is 8.34. The summed E-state index contributed by atoms with van der Waals surface area (Å²) >= 11 is 0. The third kappa shape index (κ3) is 23.2. The van der Waals surface area contributed by atoms with E-state index in [1.807, 2.05) is 0 Å². The maximum absolute atomic E-state index is 13.2. The van der Waals surface area contributed by atoms with Crippen LogP contribution in [0.5, 0.6) is 0 Å². The van der Waals surface area contributed by atoms with Gasteiger partial charge in [-0.05, 0) is 46.3 Å². The van der Waals surface area contributed by atoms with Crippen LogP contribution in [0.25, 0.3) is 0 Å². The van der Waals surface area contributed by atoms with E-state index in [1.54, 1.807) is 0 Å². The molecule has 0 aliphatic rings. The van der Waals surface area contributed by atoms with E-state index in [9.17, 15) is 4.57 Å². The second-order valence-electron chi connectivity index (χ2n) is 9.53. The fourth-order valence-electron chi connectivity index (χ4n) is 3.74. The van der Waals surface area contributed by atoms with E-state index in [1.165, 1.54) is 77.0 Å². The third-order valence-electron chi connectivity index (χ3n) is 5.86. The highest BCUT2D eigenvalue weighted by Crippen LogP contribution is 2.44. The first kappa shape index (κ1) is 32.1. The summed E-state index contributed by atoms with van der Waals surface area (Å²) in [5.41, 5.74) is 0. The van der Waals surface area contributed by atoms with Crippen LogP contribution in [-0.2, 0) is 13.6 Å². The van der Waals surface area contributed by atoms with Crippen molar-refractivity contribution in [2.24, 2.45) is 0 Å². The second-order valence-corrected chi connectivity index (χ2v) is 11.4. The van der Waals surface area contributed by atoms with Crippen molar-refractivity contribution in [3.05, 3.63) is 0 Å². The van der Waals surface area contributed by atoms with E-state index in [0.29, 0.717) is 19.8 Å². The van der Waals surface area contributed by atoms with Gasteiger partial charge in [-0.1, -0.05) is 104 Å². The van der Waals surface area contributed by atoms with E-state index in [0.717, 1.165) is 45.1 Å². The molecule has 0 radical (unpaired) electrons. The van der Waals surface area contributed by atoms with Crippen molar-refractivity contribution in [3.63, 3.8) is 0 Å². The molecule has 0 atom stereocenters. The van der Waals surface area contributed by atoms with Gasteiger partial charge in [-0.25, -0.2) is 9.65 Å². The van der Waals surface area contributed by atoms with E-state index in [-0.39, 0.29) is 0 Å². The van der Waals surface area contributed by atoms with Crippen LogP contribution in [0.15, 0.2) is 0 Å². The Morgan fingerprint density at radius 1 is 0.594 bits per heavy atom. The lowest BCUT2D eigenvalue weighted by Gasteiger charge is -2.20. The highest BCUT2D eigenvalue weighted by molar-refractivity contribution is 7.51. The molecular formula is C26H57N2O3P. The largest absolute Gasteiger partial charge is 0.405 e. The van der Waals surface area contributed by atoms with E-state index in [4.69, 9.17) is 9.05 Å². The minimum atomic E-state index is -3.19. The van der Waals surface area contributed by atoms with Crippen molar-refractivity contribution < 1.29 is 13.6 Å². The minimum absolute atomic E-state index is 0.522. The molecule has 0 aromatic heterocycles. The van der Waals surface area contributed by atoms with Crippen LogP contribution in [0.3, 0.4) is 0 Å². The van der Waals surface area contributed by atoms with Gasteiger partial charge >= 0.3 is 7.75 Å². The van der Waals surface area contributed by atoms with Gasteiger partial charge in [0, 0.05) is 6.54 Å². The Bertz CT molecular complexity index is 396. The molecule has 0 amide bonds. The van der Waals surface area contributed by atoms with Gasteiger partial charge in [0.2, 0.25) is 0 Å². The fraction of sp³-hybridized carbons (Fsp3) is 1.00. The van der Waals surface area contributed by atoms with Gasteiger partial charge < -0.3 is 4.90 Å². The lowest BCUT2D eigenvalue weighted by Crippen LogP contribution is -2.19. The van der Waals surface area contributed by atoms with Crippen molar-refractivity contribution in [3.8, 4) is 0 Å². The highest BCUT2D eigenvalue weighted by atomic mass is 31.2. The molecule has 0 aliphatic heterocycles.